The Morgan fingerprint density at radius 3 is 2.56 bits per heavy atom. The maximum absolute atomic E-state index is 12.8. The minimum atomic E-state index is -1.40. The standard InChI is InChI=1S/C19H27N2O3Si/c1-5-6-9-13-21(17(22)12-14-25(2,3)4)19(23)18-20-15-10-7-8-11-16(15)24-18/h7-8,10-12H,5-6,9,13-14H2,1-4H3. The predicted octanol–water partition coefficient (Wildman–Crippen LogP) is 4.53. The molecule has 1 aromatic carbocycles. The van der Waals surface area contributed by atoms with Gasteiger partial charge in [-0.05, 0) is 24.6 Å². The molecule has 6 heteroatoms. The number of hydrogen-bond donors (Lipinski definition) is 0. The van der Waals surface area contributed by atoms with Crippen molar-refractivity contribution < 1.29 is 14.0 Å². The molecule has 1 radical (unpaired) electrons. The topological polar surface area (TPSA) is 63.4 Å². The number of benzene rings is 1. The van der Waals surface area contributed by atoms with Crippen molar-refractivity contribution in [2.75, 3.05) is 6.54 Å². The molecule has 0 aliphatic carbocycles. The fraction of sp³-hybridized carbons (Fsp3) is 0.474. The molecule has 0 atom stereocenters. The van der Waals surface area contributed by atoms with Crippen molar-refractivity contribution in [1.82, 2.24) is 9.88 Å². The number of carbonyl (C=O) groups excluding carboxylic acids is 2. The number of unbranched alkanes of at least 4 members (excludes halogenated alkanes) is 2. The van der Waals surface area contributed by atoms with Gasteiger partial charge in [0.15, 0.2) is 5.58 Å². The van der Waals surface area contributed by atoms with Gasteiger partial charge in [-0.15, -0.1) is 0 Å². The van der Waals surface area contributed by atoms with Gasteiger partial charge in [0.25, 0.3) is 5.89 Å². The van der Waals surface area contributed by atoms with E-state index < -0.39 is 14.0 Å². The molecule has 0 aliphatic rings. The molecule has 0 saturated carbocycles. The minimum Gasteiger partial charge on any atom is -0.432 e. The summed E-state index contributed by atoms with van der Waals surface area (Å²) >= 11 is 0. The molecule has 5 nitrogen and oxygen atoms in total. The first kappa shape index (κ1) is 19.4. The Balaban J connectivity index is 2.17. The van der Waals surface area contributed by atoms with Crippen molar-refractivity contribution in [2.24, 2.45) is 0 Å². The highest BCUT2D eigenvalue weighted by Gasteiger charge is 2.28. The van der Waals surface area contributed by atoms with E-state index in [4.69, 9.17) is 4.42 Å². The van der Waals surface area contributed by atoms with Crippen LogP contribution in [0.3, 0.4) is 0 Å². The van der Waals surface area contributed by atoms with Crippen LogP contribution in [0.5, 0.6) is 0 Å². The number of amides is 2. The summed E-state index contributed by atoms with van der Waals surface area (Å²) in [5, 5.41) is 0. The number of hydrogen-bond acceptors (Lipinski definition) is 4. The summed E-state index contributed by atoms with van der Waals surface area (Å²) in [6.45, 7) is 9.07. The van der Waals surface area contributed by atoms with Crippen molar-refractivity contribution >= 4 is 31.0 Å². The summed E-state index contributed by atoms with van der Waals surface area (Å²) in [6.07, 6.45) is 4.43. The van der Waals surface area contributed by atoms with Crippen LogP contribution >= 0.6 is 0 Å². The van der Waals surface area contributed by atoms with Gasteiger partial charge in [0, 0.05) is 21.0 Å². The molecule has 25 heavy (non-hydrogen) atoms. The summed E-state index contributed by atoms with van der Waals surface area (Å²) < 4.78 is 5.55. The Bertz CT molecular complexity index is 701. The quantitative estimate of drug-likeness (QED) is 0.513. The lowest BCUT2D eigenvalue weighted by Gasteiger charge is -2.21. The maximum Gasteiger partial charge on any atom is 0.316 e. The van der Waals surface area contributed by atoms with Crippen LogP contribution in [0.4, 0.5) is 0 Å². The fourth-order valence-electron chi connectivity index (χ4n) is 2.41. The van der Waals surface area contributed by atoms with Gasteiger partial charge in [-0.2, -0.15) is 0 Å². The highest BCUT2D eigenvalue weighted by molar-refractivity contribution is 6.76. The van der Waals surface area contributed by atoms with E-state index in [2.05, 4.69) is 31.5 Å². The first-order chi connectivity index (χ1) is 11.8. The third kappa shape index (κ3) is 5.52. The van der Waals surface area contributed by atoms with Crippen LogP contribution in [0.1, 0.15) is 36.9 Å². The van der Waals surface area contributed by atoms with E-state index in [-0.39, 0.29) is 11.8 Å². The molecular formula is C19H27N2O3Si. The summed E-state index contributed by atoms with van der Waals surface area (Å²) in [7, 11) is -1.40. The maximum atomic E-state index is 12.8. The zero-order chi connectivity index (χ0) is 18.4. The molecule has 2 aromatic rings. The van der Waals surface area contributed by atoms with Crippen LogP contribution in [0, 0.1) is 6.42 Å². The molecule has 0 aliphatic heterocycles. The van der Waals surface area contributed by atoms with E-state index in [9.17, 15) is 9.59 Å². The van der Waals surface area contributed by atoms with E-state index in [1.165, 1.54) is 4.90 Å². The Hall–Kier alpha value is -1.95. The first-order valence-corrected chi connectivity index (χ1v) is 12.6. The average Bonchev–Trinajstić information content (AvgIpc) is 2.99. The second-order valence-electron chi connectivity index (χ2n) is 7.46. The van der Waals surface area contributed by atoms with Crippen molar-refractivity contribution in [3.05, 3.63) is 36.6 Å². The number of oxazole rings is 1. The lowest BCUT2D eigenvalue weighted by atomic mass is 10.2. The van der Waals surface area contributed by atoms with E-state index in [0.29, 0.717) is 17.6 Å². The third-order valence-corrected chi connectivity index (χ3v) is 5.29. The highest BCUT2D eigenvalue weighted by atomic mass is 28.3. The molecule has 0 saturated heterocycles. The normalized spacial score (nSPS) is 11.7. The van der Waals surface area contributed by atoms with Gasteiger partial charge in [0.1, 0.15) is 5.52 Å². The Morgan fingerprint density at radius 2 is 1.92 bits per heavy atom. The van der Waals surface area contributed by atoms with E-state index >= 15 is 0 Å². The first-order valence-electron chi connectivity index (χ1n) is 8.86. The third-order valence-electron chi connectivity index (χ3n) is 3.86. The van der Waals surface area contributed by atoms with Gasteiger partial charge in [0.05, 0.1) is 0 Å². The number of fused-ring (bicyclic) bond motifs is 1. The van der Waals surface area contributed by atoms with Crippen molar-refractivity contribution in [1.29, 1.82) is 0 Å². The van der Waals surface area contributed by atoms with Crippen molar-refractivity contribution in [3.8, 4) is 0 Å². The molecule has 2 amide bonds. The number of nitrogens with zero attached hydrogens (tertiary/aromatic N) is 2. The summed E-state index contributed by atoms with van der Waals surface area (Å²) in [4.78, 5) is 30.9. The highest BCUT2D eigenvalue weighted by Crippen LogP contribution is 2.18. The van der Waals surface area contributed by atoms with Gasteiger partial charge in [0.2, 0.25) is 5.91 Å². The lowest BCUT2D eigenvalue weighted by Crippen LogP contribution is -2.39. The SMILES string of the molecule is CCCCCN(C(=O)[CH]C[Si](C)(C)C)C(=O)c1nc2ccccc2o1. The van der Waals surface area contributed by atoms with Gasteiger partial charge in [-0.3, -0.25) is 14.5 Å². The second-order valence-corrected chi connectivity index (χ2v) is 13.0. The molecule has 0 spiro atoms. The van der Waals surface area contributed by atoms with E-state index in [1.807, 2.05) is 12.1 Å². The molecule has 1 aromatic heterocycles. The second kappa shape index (κ2) is 8.42. The molecular weight excluding hydrogens is 332 g/mol. The molecule has 2 rings (SSSR count). The molecule has 0 bridgehead atoms. The number of rotatable bonds is 8. The Morgan fingerprint density at radius 1 is 1.20 bits per heavy atom. The van der Waals surface area contributed by atoms with Crippen LogP contribution < -0.4 is 0 Å². The van der Waals surface area contributed by atoms with Gasteiger partial charge < -0.3 is 4.42 Å². The van der Waals surface area contributed by atoms with Crippen molar-refractivity contribution in [3.63, 3.8) is 0 Å². The molecule has 0 unspecified atom stereocenters. The number of carbonyl (C=O) groups is 2. The summed E-state index contributed by atoms with van der Waals surface area (Å²) in [5.74, 6) is -0.720. The minimum absolute atomic E-state index is 0.0209. The van der Waals surface area contributed by atoms with Crippen LogP contribution in [0.15, 0.2) is 28.7 Å². The largest absolute Gasteiger partial charge is 0.432 e. The Kier molecular flexibility index (Phi) is 6.53. The molecule has 0 N–H and O–H groups in total. The van der Waals surface area contributed by atoms with Gasteiger partial charge in [-0.1, -0.05) is 51.5 Å². The van der Waals surface area contributed by atoms with Gasteiger partial charge >= 0.3 is 5.91 Å². The molecule has 135 valence electrons. The smallest absolute Gasteiger partial charge is 0.316 e. The summed E-state index contributed by atoms with van der Waals surface area (Å²) in [5.41, 5.74) is 1.18. The Labute approximate surface area is 150 Å². The van der Waals surface area contributed by atoms with Crippen LogP contribution in [-0.4, -0.2) is 36.3 Å². The number of para-hydroxylation sites is 2. The zero-order valence-corrected chi connectivity index (χ0v) is 16.5. The van der Waals surface area contributed by atoms with E-state index in [0.717, 1.165) is 25.3 Å². The number of imide groups is 1. The predicted molar refractivity (Wildman–Crippen MR) is 102 cm³/mol. The average molecular weight is 360 g/mol. The van der Waals surface area contributed by atoms with Crippen LogP contribution in [-0.2, 0) is 4.79 Å². The lowest BCUT2D eigenvalue weighted by molar-refractivity contribution is -0.125. The van der Waals surface area contributed by atoms with Crippen LogP contribution in [0.2, 0.25) is 25.7 Å². The van der Waals surface area contributed by atoms with E-state index in [1.54, 1.807) is 18.6 Å². The fourth-order valence-corrected chi connectivity index (χ4v) is 3.20. The number of aromatic nitrogens is 1. The van der Waals surface area contributed by atoms with Crippen LogP contribution in [0.25, 0.3) is 11.1 Å². The van der Waals surface area contributed by atoms with Gasteiger partial charge in [-0.25, -0.2) is 4.98 Å². The molecule has 1 heterocycles. The zero-order valence-electron chi connectivity index (χ0n) is 15.5. The summed E-state index contributed by atoms with van der Waals surface area (Å²) in [6, 6.07) is 7.96. The monoisotopic (exact) mass is 359 g/mol. The van der Waals surface area contributed by atoms with Crippen molar-refractivity contribution in [2.45, 2.75) is 51.9 Å². The molecule has 0 fully saturated rings.